The van der Waals surface area contributed by atoms with Crippen molar-refractivity contribution in [2.75, 3.05) is 13.7 Å². The second-order valence-corrected chi connectivity index (χ2v) is 4.78. The zero-order valence-corrected chi connectivity index (χ0v) is 12.3. The van der Waals surface area contributed by atoms with Crippen LogP contribution in [0.15, 0.2) is 24.3 Å². The van der Waals surface area contributed by atoms with Crippen LogP contribution in [0.5, 0.6) is 5.75 Å². The molecule has 1 aromatic carbocycles. The van der Waals surface area contributed by atoms with Crippen molar-refractivity contribution in [1.82, 2.24) is 0 Å². The average Bonchev–Trinajstić information content (AvgIpc) is 2.48. The van der Waals surface area contributed by atoms with Crippen LogP contribution in [0.3, 0.4) is 0 Å². The van der Waals surface area contributed by atoms with Gasteiger partial charge in [-0.1, -0.05) is 25.5 Å². The molecule has 0 fully saturated rings. The fourth-order valence-electron chi connectivity index (χ4n) is 1.84. The largest absolute Gasteiger partial charge is 0.494 e. The number of benzene rings is 1. The number of unbranched alkanes of at least 4 members (excludes halogenated alkanes) is 1. The maximum Gasteiger partial charge on any atom is 0.334 e. The van der Waals surface area contributed by atoms with Crippen LogP contribution in [0.1, 0.15) is 38.2 Å². The highest BCUT2D eigenvalue weighted by Gasteiger charge is 2.14. The maximum absolute atomic E-state index is 11.0. The molecule has 0 aromatic heterocycles. The fourth-order valence-corrected chi connectivity index (χ4v) is 1.84. The van der Waals surface area contributed by atoms with E-state index in [0.717, 1.165) is 38.0 Å². The average molecular weight is 280 g/mol. The lowest BCUT2D eigenvalue weighted by Gasteiger charge is -2.09. The van der Waals surface area contributed by atoms with E-state index in [1.54, 1.807) is 0 Å². The zero-order chi connectivity index (χ0) is 14.8. The van der Waals surface area contributed by atoms with Crippen molar-refractivity contribution in [2.45, 2.75) is 45.1 Å². The Balaban J connectivity index is 2.29. The van der Waals surface area contributed by atoms with Crippen LogP contribution in [0.25, 0.3) is 0 Å². The van der Waals surface area contributed by atoms with Gasteiger partial charge in [0.25, 0.3) is 0 Å². The molecule has 4 nitrogen and oxygen atoms in total. The number of hydrogen-bond acceptors (Lipinski definition) is 4. The zero-order valence-electron chi connectivity index (χ0n) is 12.3. The number of aryl methyl sites for hydroxylation is 1. The predicted octanol–water partition coefficient (Wildman–Crippen LogP) is 2.72. The van der Waals surface area contributed by atoms with E-state index < -0.39 is 12.1 Å². The van der Waals surface area contributed by atoms with Crippen molar-refractivity contribution >= 4 is 5.97 Å². The summed E-state index contributed by atoms with van der Waals surface area (Å²) in [4.78, 5) is 11.0. The molecule has 1 atom stereocenters. The number of rotatable bonds is 9. The quantitative estimate of drug-likeness (QED) is 0.558. The highest BCUT2D eigenvalue weighted by Crippen LogP contribution is 2.15. The molecule has 0 amide bonds. The Labute approximate surface area is 120 Å². The minimum Gasteiger partial charge on any atom is -0.494 e. The molecule has 0 spiro atoms. The van der Waals surface area contributed by atoms with Gasteiger partial charge in [-0.05, 0) is 43.4 Å². The summed E-state index contributed by atoms with van der Waals surface area (Å²) in [7, 11) is 1.28. The molecule has 0 heterocycles. The van der Waals surface area contributed by atoms with Crippen molar-refractivity contribution in [2.24, 2.45) is 0 Å². The number of carbonyl (C=O) groups excluding carboxylic acids is 1. The van der Waals surface area contributed by atoms with Crippen LogP contribution in [0, 0.1) is 0 Å². The lowest BCUT2D eigenvalue weighted by atomic mass is 10.1. The molecular weight excluding hydrogens is 256 g/mol. The Hall–Kier alpha value is -1.55. The highest BCUT2D eigenvalue weighted by molar-refractivity contribution is 5.74. The van der Waals surface area contributed by atoms with E-state index in [9.17, 15) is 9.90 Å². The van der Waals surface area contributed by atoms with Crippen LogP contribution in [-0.2, 0) is 16.0 Å². The first kappa shape index (κ1) is 16.5. The van der Waals surface area contributed by atoms with E-state index in [4.69, 9.17) is 4.74 Å². The number of aliphatic hydroxyl groups is 1. The first-order valence-corrected chi connectivity index (χ1v) is 7.15. The molecule has 112 valence electrons. The Morgan fingerprint density at radius 2 is 1.95 bits per heavy atom. The number of hydrogen-bond donors (Lipinski definition) is 1. The third-order valence-corrected chi connectivity index (χ3v) is 3.11. The second kappa shape index (κ2) is 9.37. The van der Waals surface area contributed by atoms with Gasteiger partial charge in [0, 0.05) is 0 Å². The highest BCUT2D eigenvalue weighted by atomic mass is 16.5. The molecule has 0 saturated heterocycles. The van der Waals surface area contributed by atoms with E-state index in [1.165, 1.54) is 12.7 Å². The van der Waals surface area contributed by atoms with Gasteiger partial charge in [-0.25, -0.2) is 4.79 Å². The lowest BCUT2D eigenvalue weighted by molar-refractivity contribution is -0.150. The Bertz CT molecular complexity index is 386. The van der Waals surface area contributed by atoms with Crippen LogP contribution in [0.2, 0.25) is 0 Å². The van der Waals surface area contributed by atoms with Crippen molar-refractivity contribution in [3.8, 4) is 5.75 Å². The SMILES string of the molecule is CCCCOc1ccc(CCCC(O)C(=O)OC)cc1. The van der Waals surface area contributed by atoms with Gasteiger partial charge in [-0.3, -0.25) is 0 Å². The summed E-state index contributed by atoms with van der Waals surface area (Å²) < 4.78 is 10.1. The number of carbonyl (C=O) groups is 1. The number of esters is 1. The smallest absolute Gasteiger partial charge is 0.334 e. The van der Waals surface area contributed by atoms with Gasteiger partial charge in [0.05, 0.1) is 13.7 Å². The molecular formula is C16H24O4. The van der Waals surface area contributed by atoms with Crippen molar-refractivity contribution in [3.05, 3.63) is 29.8 Å². The maximum atomic E-state index is 11.0. The van der Waals surface area contributed by atoms with Crippen LogP contribution < -0.4 is 4.74 Å². The third kappa shape index (κ3) is 6.06. The van der Waals surface area contributed by atoms with Gasteiger partial charge in [0.1, 0.15) is 5.75 Å². The molecule has 0 bridgehead atoms. The minimum atomic E-state index is -1.02. The summed E-state index contributed by atoms with van der Waals surface area (Å²) in [5, 5.41) is 9.47. The summed E-state index contributed by atoms with van der Waals surface area (Å²) in [6.07, 6.45) is 3.15. The molecule has 0 aliphatic rings. The summed E-state index contributed by atoms with van der Waals surface area (Å²) in [6, 6.07) is 7.96. The Morgan fingerprint density at radius 1 is 1.25 bits per heavy atom. The summed E-state index contributed by atoms with van der Waals surface area (Å²) in [5.41, 5.74) is 1.17. The van der Waals surface area contributed by atoms with Gasteiger partial charge >= 0.3 is 5.97 Å². The number of ether oxygens (including phenoxy) is 2. The van der Waals surface area contributed by atoms with Gasteiger partial charge in [-0.15, -0.1) is 0 Å². The summed E-state index contributed by atoms with van der Waals surface area (Å²) >= 11 is 0. The molecule has 20 heavy (non-hydrogen) atoms. The fraction of sp³-hybridized carbons (Fsp3) is 0.562. The topological polar surface area (TPSA) is 55.8 Å². The van der Waals surface area contributed by atoms with Crippen LogP contribution in [-0.4, -0.2) is 30.9 Å². The lowest BCUT2D eigenvalue weighted by Crippen LogP contribution is -2.21. The molecule has 1 N–H and O–H groups in total. The van der Waals surface area contributed by atoms with E-state index in [0.29, 0.717) is 6.42 Å². The van der Waals surface area contributed by atoms with E-state index >= 15 is 0 Å². The van der Waals surface area contributed by atoms with Crippen LogP contribution in [0.4, 0.5) is 0 Å². The standard InChI is InChI=1S/C16H24O4/c1-3-4-12-20-14-10-8-13(9-11-14)6-5-7-15(17)16(18)19-2/h8-11,15,17H,3-7,12H2,1-2H3. The van der Waals surface area contributed by atoms with Gasteiger partial charge < -0.3 is 14.6 Å². The Morgan fingerprint density at radius 3 is 2.55 bits per heavy atom. The molecule has 0 aliphatic carbocycles. The number of methoxy groups -OCH3 is 1. The van der Waals surface area contributed by atoms with Crippen molar-refractivity contribution in [3.63, 3.8) is 0 Å². The summed E-state index contributed by atoms with van der Waals surface area (Å²) in [5.74, 6) is 0.321. The van der Waals surface area contributed by atoms with Crippen molar-refractivity contribution < 1.29 is 19.4 Å². The molecule has 0 aliphatic heterocycles. The van der Waals surface area contributed by atoms with Crippen molar-refractivity contribution in [1.29, 1.82) is 0 Å². The molecule has 1 aromatic rings. The van der Waals surface area contributed by atoms with E-state index in [-0.39, 0.29) is 0 Å². The number of aliphatic hydroxyl groups excluding tert-OH is 1. The molecule has 0 saturated carbocycles. The Kier molecular flexibility index (Phi) is 7.73. The molecule has 1 unspecified atom stereocenters. The second-order valence-electron chi connectivity index (χ2n) is 4.78. The van der Waals surface area contributed by atoms with Crippen LogP contribution >= 0.6 is 0 Å². The third-order valence-electron chi connectivity index (χ3n) is 3.11. The monoisotopic (exact) mass is 280 g/mol. The summed E-state index contributed by atoms with van der Waals surface area (Å²) in [6.45, 7) is 2.89. The van der Waals surface area contributed by atoms with E-state index in [1.807, 2.05) is 24.3 Å². The minimum absolute atomic E-state index is 0.418. The first-order valence-electron chi connectivity index (χ1n) is 7.15. The first-order chi connectivity index (χ1) is 9.67. The molecule has 4 heteroatoms. The van der Waals surface area contributed by atoms with Gasteiger partial charge in [0.2, 0.25) is 0 Å². The van der Waals surface area contributed by atoms with Gasteiger partial charge in [0.15, 0.2) is 6.10 Å². The molecule has 0 radical (unpaired) electrons. The normalized spacial score (nSPS) is 11.9. The van der Waals surface area contributed by atoms with Gasteiger partial charge in [-0.2, -0.15) is 0 Å². The predicted molar refractivity (Wildman–Crippen MR) is 77.8 cm³/mol. The van der Waals surface area contributed by atoms with E-state index in [2.05, 4.69) is 11.7 Å². The molecule has 1 rings (SSSR count).